The number of amides is 1. The number of nitrogens with zero attached hydrogens (tertiary/aromatic N) is 3. The Hall–Kier alpha value is -2.45. The van der Waals surface area contributed by atoms with Crippen LogP contribution in [0.3, 0.4) is 0 Å². The van der Waals surface area contributed by atoms with E-state index in [1.165, 1.54) is 6.33 Å². The largest absolute Gasteiger partial charge is 0.370 e. The molecule has 1 heterocycles. The summed E-state index contributed by atoms with van der Waals surface area (Å²) in [4.78, 5) is 28.9. The van der Waals surface area contributed by atoms with Gasteiger partial charge in [0.05, 0.1) is 4.92 Å². The lowest BCUT2D eigenvalue weighted by Gasteiger charge is -2.09. The van der Waals surface area contributed by atoms with E-state index in [0.29, 0.717) is 19.5 Å². The van der Waals surface area contributed by atoms with Gasteiger partial charge < -0.3 is 16.4 Å². The number of carbonyl (C=O) groups excluding carboxylic acids is 1. The molecule has 9 nitrogen and oxygen atoms in total. The van der Waals surface area contributed by atoms with Crippen LogP contribution in [-0.4, -0.2) is 33.9 Å². The number of rotatable bonds is 9. The first kappa shape index (κ1) is 15.6. The SMILES string of the molecule is CCCNc1ncnc(NCCCC(N)=O)c1[N+](=O)[O-]. The van der Waals surface area contributed by atoms with Crippen LogP contribution in [0.15, 0.2) is 6.33 Å². The Morgan fingerprint density at radius 2 is 1.95 bits per heavy atom. The second-order valence-corrected chi connectivity index (χ2v) is 4.10. The van der Waals surface area contributed by atoms with Gasteiger partial charge in [-0.2, -0.15) is 0 Å². The predicted octanol–water partition coefficient (Wildman–Crippen LogP) is 0.884. The topological polar surface area (TPSA) is 136 Å². The first-order valence-corrected chi connectivity index (χ1v) is 6.31. The summed E-state index contributed by atoms with van der Waals surface area (Å²) in [6, 6.07) is 0. The van der Waals surface area contributed by atoms with E-state index in [1.807, 2.05) is 6.92 Å². The Balaban J connectivity index is 2.78. The van der Waals surface area contributed by atoms with Crippen molar-refractivity contribution in [1.29, 1.82) is 0 Å². The van der Waals surface area contributed by atoms with E-state index in [1.54, 1.807) is 0 Å². The van der Waals surface area contributed by atoms with Gasteiger partial charge in [0.2, 0.25) is 17.5 Å². The molecular weight excluding hydrogens is 264 g/mol. The summed E-state index contributed by atoms with van der Waals surface area (Å²) >= 11 is 0. The Morgan fingerprint density at radius 1 is 1.35 bits per heavy atom. The lowest BCUT2D eigenvalue weighted by molar-refractivity contribution is -0.383. The molecule has 0 saturated heterocycles. The number of primary amides is 1. The molecule has 0 unspecified atom stereocenters. The standard InChI is InChI=1S/C11H18N6O3/c1-2-5-13-10-9(17(19)20)11(16-7-15-10)14-6-3-4-8(12)18/h7H,2-6H2,1H3,(H2,12,18)(H2,13,14,15,16). The van der Waals surface area contributed by atoms with Crippen LogP contribution >= 0.6 is 0 Å². The smallest absolute Gasteiger partial charge is 0.353 e. The lowest BCUT2D eigenvalue weighted by atomic mass is 10.3. The van der Waals surface area contributed by atoms with Gasteiger partial charge >= 0.3 is 5.69 Å². The molecule has 1 aromatic rings. The Bertz CT molecular complexity index is 479. The van der Waals surface area contributed by atoms with Crippen LogP contribution in [0.4, 0.5) is 17.3 Å². The minimum atomic E-state index is -0.533. The predicted molar refractivity (Wildman–Crippen MR) is 74.4 cm³/mol. The summed E-state index contributed by atoms with van der Waals surface area (Å²) in [5, 5.41) is 16.8. The third-order valence-electron chi connectivity index (χ3n) is 2.44. The fourth-order valence-electron chi connectivity index (χ4n) is 1.52. The van der Waals surface area contributed by atoms with Crippen molar-refractivity contribution >= 4 is 23.2 Å². The van der Waals surface area contributed by atoms with Crippen molar-refractivity contribution in [3.63, 3.8) is 0 Å². The quantitative estimate of drug-likeness (QED) is 0.347. The molecule has 1 rings (SSSR count). The number of carbonyl (C=O) groups is 1. The molecule has 4 N–H and O–H groups in total. The van der Waals surface area contributed by atoms with Gasteiger partial charge in [-0.25, -0.2) is 9.97 Å². The van der Waals surface area contributed by atoms with Crippen molar-refractivity contribution in [3.8, 4) is 0 Å². The molecular formula is C11H18N6O3. The molecule has 0 saturated carbocycles. The molecule has 0 aliphatic rings. The summed E-state index contributed by atoms with van der Waals surface area (Å²) in [6.45, 7) is 2.90. The van der Waals surface area contributed by atoms with Crippen molar-refractivity contribution in [2.75, 3.05) is 23.7 Å². The number of nitrogens with one attached hydrogen (secondary N) is 2. The highest BCUT2D eigenvalue weighted by molar-refractivity contribution is 5.73. The average molecular weight is 282 g/mol. The summed E-state index contributed by atoms with van der Waals surface area (Å²) in [6.07, 6.45) is 2.77. The molecule has 0 spiro atoms. The van der Waals surface area contributed by atoms with Gasteiger partial charge in [-0.3, -0.25) is 14.9 Å². The minimum Gasteiger partial charge on any atom is -0.370 e. The van der Waals surface area contributed by atoms with Crippen molar-refractivity contribution in [1.82, 2.24) is 9.97 Å². The Kier molecular flexibility index (Phi) is 6.14. The average Bonchev–Trinajstić information content (AvgIpc) is 2.40. The molecule has 110 valence electrons. The fourth-order valence-corrected chi connectivity index (χ4v) is 1.52. The summed E-state index contributed by atoms with van der Waals surface area (Å²) in [5.41, 5.74) is 4.82. The number of hydrogen-bond donors (Lipinski definition) is 3. The van der Waals surface area contributed by atoms with Crippen LogP contribution in [0, 0.1) is 10.1 Å². The third kappa shape index (κ3) is 4.67. The van der Waals surface area contributed by atoms with Crippen LogP contribution in [-0.2, 0) is 4.79 Å². The first-order chi connectivity index (χ1) is 9.56. The fraction of sp³-hybridized carbons (Fsp3) is 0.545. The van der Waals surface area contributed by atoms with E-state index in [4.69, 9.17) is 5.73 Å². The summed E-state index contributed by atoms with van der Waals surface area (Å²) < 4.78 is 0. The van der Waals surface area contributed by atoms with Crippen molar-refractivity contribution in [2.45, 2.75) is 26.2 Å². The molecule has 0 atom stereocenters. The third-order valence-corrected chi connectivity index (χ3v) is 2.44. The summed E-state index contributed by atoms with van der Waals surface area (Å²) in [7, 11) is 0. The second-order valence-electron chi connectivity index (χ2n) is 4.10. The van der Waals surface area contributed by atoms with Crippen LogP contribution < -0.4 is 16.4 Å². The maximum Gasteiger partial charge on any atom is 0.353 e. The van der Waals surface area contributed by atoms with E-state index in [2.05, 4.69) is 20.6 Å². The lowest BCUT2D eigenvalue weighted by Crippen LogP contribution is -2.14. The van der Waals surface area contributed by atoms with Gasteiger partial charge in [0.1, 0.15) is 6.33 Å². The van der Waals surface area contributed by atoms with Crippen molar-refractivity contribution in [3.05, 3.63) is 16.4 Å². The monoisotopic (exact) mass is 282 g/mol. The number of hydrogen-bond acceptors (Lipinski definition) is 7. The van der Waals surface area contributed by atoms with E-state index < -0.39 is 10.8 Å². The molecule has 0 aliphatic carbocycles. The zero-order valence-electron chi connectivity index (χ0n) is 11.3. The molecule has 0 bridgehead atoms. The maximum atomic E-state index is 11.1. The van der Waals surface area contributed by atoms with Crippen molar-refractivity contribution < 1.29 is 9.72 Å². The highest BCUT2D eigenvalue weighted by Gasteiger charge is 2.22. The maximum absolute atomic E-state index is 11.1. The zero-order chi connectivity index (χ0) is 15.0. The first-order valence-electron chi connectivity index (χ1n) is 6.31. The molecule has 0 aromatic carbocycles. The number of nitro groups is 1. The normalized spacial score (nSPS) is 10.1. The summed E-state index contributed by atoms with van der Waals surface area (Å²) in [5.74, 6) is -0.0911. The van der Waals surface area contributed by atoms with Gasteiger partial charge in [0, 0.05) is 19.5 Å². The number of aromatic nitrogens is 2. The molecule has 9 heteroatoms. The van der Waals surface area contributed by atoms with Gasteiger partial charge in [0.15, 0.2) is 0 Å². The highest BCUT2D eigenvalue weighted by atomic mass is 16.6. The Morgan fingerprint density at radius 3 is 2.45 bits per heavy atom. The molecule has 20 heavy (non-hydrogen) atoms. The number of anilines is 2. The molecule has 0 fully saturated rings. The van der Waals surface area contributed by atoms with Crippen LogP contribution in [0.2, 0.25) is 0 Å². The van der Waals surface area contributed by atoms with Gasteiger partial charge in [-0.15, -0.1) is 0 Å². The van der Waals surface area contributed by atoms with Gasteiger partial charge in [0.25, 0.3) is 0 Å². The van der Waals surface area contributed by atoms with E-state index in [9.17, 15) is 14.9 Å². The van der Waals surface area contributed by atoms with E-state index in [0.717, 1.165) is 6.42 Å². The van der Waals surface area contributed by atoms with Gasteiger partial charge in [-0.05, 0) is 12.8 Å². The number of nitrogens with two attached hydrogens (primary N) is 1. The van der Waals surface area contributed by atoms with E-state index >= 15 is 0 Å². The van der Waals surface area contributed by atoms with Gasteiger partial charge in [-0.1, -0.05) is 6.92 Å². The van der Waals surface area contributed by atoms with Crippen LogP contribution in [0.25, 0.3) is 0 Å². The second kappa shape index (κ2) is 7.87. The van der Waals surface area contributed by atoms with Crippen molar-refractivity contribution in [2.24, 2.45) is 5.73 Å². The van der Waals surface area contributed by atoms with E-state index in [-0.39, 0.29) is 23.7 Å². The Labute approximate surface area is 116 Å². The minimum absolute atomic E-state index is 0.132. The highest BCUT2D eigenvalue weighted by Crippen LogP contribution is 2.28. The van der Waals surface area contributed by atoms with Crippen LogP contribution in [0.5, 0.6) is 0 Å². The molecule has 1 aromatic heterocycles. The molecule has 0 radical (unpaired) electrons. The zero-order valence-corrected chi connectivity index (χ0v) is 11.3. The van der Waals surface area contributed by atoms with Crippen LogP contribution in [0.1, 0.15) is 26.2 Å². The molecule has 0 aliphatic heterocycles. The molecule has 1 amide bonds.